The molecule has 2 rings (SSSR count). The topological polar surface area (TPSA) is 81.4 Å². The first-order chi connectivity index (χ1) is 9.88. The molecule has 0 heterocycles. The predicted octanol–water partition coefficient (Wildman–Crippen LogP) is 2.24. The van der Waals surface area contributed by atoms with Crippen molar-refractivity contribution in [2.45, 2.75) is 39.2 Å². The monoisotopic (exact) mass is 290 g/mol. The Balaban J connectivity index is 2.23. The SMILES string of the molecule is COC(=O)c1ccc(C)c(NC(=O)C2(C)CCCC2N)c1. The lowest BCUT2D eigenvalue weighted by molar-refractivity contribution is -0.125. The van der Waals surface area contributed by atoms with Crippen LogP contribution in [-0.2, 0) is 9.53 Å². The van der Waals surface area contributed by atoms with E-state index in [1.54, 1.807) is 18.2 Å². The van der Waals surface area contributed by atoms with Gasteiger partial charge < -0.3 is 15.8 Å². The number of carbonyl (C=O) groups excluding carboxylic acids is 2. The molecule has 1 saturated carbocycles. The normalized spacial score (nSPS) is 24.7. The lowest BCUT2D eigenvalue weighted by atomic mass is 9.84. The molecule has 0 aliphatic heterocycles. The minimum atomic E-state index is -0.548. The van der Waals surface area contributed by atoms with Crippen molar-refractivity contribution in [3.05, 3.63) is 29.3 Å². The van der Waals surface area contributed by atoms with Gasteiger partial charge in [-0.1, -0.05) is 12.5 Å². The molecular formula is C16H22N2O3. The van der Waals surface area contributed by atoms with E-state index in [4.69, 9.17) is 10.5 Å². The Hall–Kier alpha value is -1.88. The number of amides is 1. The molecule has 0 radical (unpaired) electrons. The fourth-order valence-electron chi connectivity index (χ4n) is 2.74. The molecule has 3 N–H and O–H groups in total. The highest BCUT2D eigenvalue weighted by Gasteiger charge is 2.43. The highest BCUT2D eigenvalue weighted by Crippen LogP contribution is 2.38. The van der Waals surface area contributed by atoms with E-state index in [-0.39, 0.29) is 11.9 Å². The molecule has 114 valence electrons. The number of hydrogen-bond donors (Lipinski definition) is 2. The molecule has 0 spiro atoms. The van der Waals surface area contributed by atoms with E-state index >= 15 is 0 Å². The summed E-state index contributed by atoms with van der Waals surface area (Å²) in [6.07, 6.45) is 2.62. The Morgan fingerprint density at radius 2 is 2.14 bits per heavy atom. The molecule has 1 aliphatic carbocycles. The molecular weight excluding hydrogens is 268 g/mol. The molecule has 5 heteroatoms. The average molecular weight is 290 g/mol. The summed E-state index contributed by atoms with van der Waals surface area (Å²) in [7, 11) is 1.33. The van der Waals surface area contributed by atoms with Gasteiger partial charge in [-0.15, -0.1) is 0 Å². The maximum Gasteiger partial charge on any atom is 0.337 e. The van der Waals surface area contributed by atoms with Crippen LogP contribution in [0.2, 0.25) is 0 Å². The molecule has 0 saturated heterocycles. The number of aryl methyl sites for hydroxylation is 1. The fraction of sp³-hybridized carbons (Fsp3) is 0.500. The molecule has 0 bridgehead atoms. The third-order valence-corrected chi connectivity index (χ3v) is 4.46. The number of nitrogens with two attached hydrogens (primary N) is 1. The molecule has 5 nitrogen and oxygen atoms in total. The average Bonchev–Trinajstić information content (AvgIpc) is 2.81. The predicted molar refractivity (Wildman–Crippen MR) is 81.1 cm³/mol. The number of hydrogen-bond acceptors (Lipinski definition) is 4. The van der Waals surface area contributed by atoms with Crippen LogP contribution in [0.15, 0.2) is 18.2 Å². The summed E-state index contributed by atoms with van der Waals surface area (Å²) in [5.41, 5.74) is 7.46. The standard InChI is InChI=1S/C16H22N2O3/c1-10-6-7-11(14(19)21-3)9-12(10)18-15(20)16(2)8-4-5-13(16)17/h6-7,9,13H,4-5,8,17H2,1-3H3,(H,18,20). The molecule has 2 unspecified atom stereocenters. The van der Waals surface area contributed by atoms with E-state index in [1.807, 2.05) is 13.8 Å². The van der Waals surface area contributed by atoms with Crippen LogP contribution in [0.1, 0.15) is 42.1 Å². The van der Waals surface area contributed by atoms with E-state index in [0.29, 0.717) is 11.3 Å². The largest absolute Gasteiger partial charge is 0.465 e. The van der Waals surface area contributed by atoms with Crippen molar-refractivity contribution in [2.75, 3.05) is 12.4 Å². The molecule has 1 aliphatic rings. The van der Waals surface area contributed by atoms with Gasteiger partial charge in [0.15, 0.2) is 0 Å². The quantitative estimate of drug-likeness (QED) is 0.836. The maximum absolute atomic E-state index is 12.5. The molecule has 0 aromatic heterocycles. The van der Waals surface area contributed by atoms with Crippen molar-refractivity contribution in [3.63, 3.8) is 0 Å². The van der Waals surface area contributed by atoms with Crippen molar-refractivity contribution >= 4 is 17.6 Å². The Morgan fingerprint density at radius 3 is 2.71 bits per heavy atom. The first-order valence-corrected chi connectivity index (χ1v) is 7.14. The van der Waals surface area contributed by atoms with Gasteiger partial charge in [0.1, 0.15) is 0 Å². The zero-order valence-electron chi connectivity index (χ0n) is 12.7. The zero-order chi connectivity index (χ0) is 15.6. The third kappa shape index (κ3) is 2.93. The number of benzene rings is 1. The summed E-state index contributed by atoms with van der Waals surface area (Å²) in [4.78, 5) is 24.1. The second-order valence-electron chi connectivity index (χ2n) is 5.89. The molecule has 1 amide bonds. The van der Waals surface area contributed by atoms with E-state index in [1.165, 1.54) is 7.11 Å². The first kappa shape index (κ1) is 15.5. The van der Waals surface area contributed by atoms with Crippen LogP contribution in [0.25, 0.3) is 0 Å². The van der Waals surface area contributed by atoms with E-state index < -0.39 is 11.4 Å². The van der Waals surface area contributed by atoms with Gasteiger partial charge in [-0.3, -0.25) is 4.79 Å². The van der Waals surface area contributed by atoms with E-state index in [9.17, 15) is 9.59 Å². The van der Waals surface area contributed by atoms with Crippen LogP contribution in [0.3, 0.4) is 0 Å². The molecule has 1 aromatic carbocycles. The van der Waals surface area contributed by atoms with Gasteiger partial charge in [0, 0.05) is 11.7 Å². The second kappa shape index (κ2) is 5.85. The highest BCUT2D eigenvalue weighted by atomic mass is 16.5. The van der Waals surface area contributed by atoms with Crippen LogP contribution in [-0.4, -0.2) is 25.0 Å². The number of esters is 1. The van der Waals surface area contributed by atoms with Crippen LogP contribution >= 0.6 is 0 Å². The number of methoxy groups -OCH3 is 1. The Kier molecular flexibility index (Phi) is 4.32. The molecule has 1 fully saturated rings. The summed E-state index contributed by atoms with van der Waals surface area (Å²) in [5, 5.41) is 2.92. The number of rotatable bonds is 3. The van der Waals surface area contributed by atoms with E-state index in [2.05, 4.69) is 5.32 Å². The van der Waals surface area contributed by atoms with Crippen molar-refractivity contribution < 1.29 is 14.3 Å². The van der Waals surface area contributed by atoms with Crippen molar-refractivity contribution in [2.24, 2.45) is 11.1 Å². The highest BCUT2D eigenvalue weighted by molar-refractivity contribution is 5.98. The van der Waals surface area contributed by atoms with Crippen LogP contribution in [0.4, 0.5) is 5.69 Å². The lowest BCUT2D eigenvalue weighted by Gasteiger charge is -2.28. The van der Waals surface area contributed by atoms with Gasteiger partial charge in [0.25, 0.3) is 0 Å². The Bertz CT molecular complexity index is 571. The summed E-state index contributed by atoms with van der Waals surface area (Å²) in [6.45, 7) is 3.78. The van der Waals surface area contributed by atoms with Gasteiger partial charge in [-0.25, -0.2) is 4.79 Å². The zero-order valence-corrected chi connectivity index (χ0v) is 12.7. The van der Waals surface area contributed by atoms with Gasteiger partial charge >= 0.3 is 5.97 Å². The van der Waals surface area contributed by atoms with Gasteiger partial charge in [0.05, 0.1) is 18.1 Å². The lowest BCUT2D eigenvalue weighted by Crippen LogP contribution is -2.44. The molecule has 1 aromatic rings. The van der Waals surface area contributed by atoms with Crippen LogP contribution in [0, 0.1) is 12.3 Å². The Morgan fingerprint density at radius 1 is 1.43 bits per heavy atom. The smallest absolute Gasteiger partial charge is 0.337 e. The summed E-state index contributed by atoms with van der Waals surface area (Å²) >= 11 is 0. The summed E-state index contributed by atoms with van der Waals surface area (Å²) < 4.78 is 4.70. The van der Waals surface area contributed by atoms with Gasteiger partial charge in [-0.05, 0) is 44.4 Å². The van der Waals surface area contributed by atoms with E-state index in [0.717, 1.165) is 24.8 Å². The number of carbonyl (C=O) groups is 2. The summed E-state index contributed by atoms with van der Waals surface area (Å²) in [5.74, 6) is -0.508. The number of anilines is 1. The van der Waals surface area contributed by atoms with Crippen LogP contribution in [0.5, 0.6) is 0 Å². The van der Waals surface area contributed by atoms with Crippen LogP contribution < -0.4 is 11.1 Å². The molecule has 2 atom stereocenters. The minimum Gasteiger partial charge on any atom is -0.465 e. The maximum atomic E-state index is 12.5. The second-order valence-corrected chi connectivity index (χ2v) is 5.89. The first-order valence-electron chi connectivity index (χ1n) is 7.14. The fourth-order valence-corrected chi connectivity index (χ4v) is 2.74. The summed E-state index contributed by atoms with van der Waals surface area (Å²) in [6, 6.07) is 4.99. The van der Waals surface area contributed by atoms with Gasteiger partial charge in [-0.2, -0.15) is 0 Å². The third-order valence-electron chi connectivity index (χ3n) is 4.46. The Labute approximate surface area is 124 Å². The minimum absolute atomic E-state index is 0.0855. The van der Waals surface area contributed by atoms with Crippen molar-refractivity contribution in [1.29, 1.82) is 0 Å². The molecule has 21 heavy (non-hydrogen) atoms. The number of ether oxygens (including phenoxy) is 1. The number of nitrogens with one attached hydrogen (secondary N) is 1. The van der Waals surface area contributed by atoms with Crippen molar-refractivity contribution in [1.82, 2.24) is 0 Å². The van der Waals surface area contributed by atoms with Gasteiger partial charge in [0.2, 0.25) is 5.91 Å². The van der Waals surface area contributed by atoms with Crippen molar-refractivity contribution in [3.8, 4) is 0 Å².